The maximum absolute atomic E-state index is 11.3. The van der Waals surface area contributed by atoms with Gasteiger partial charge >= 0.3 is 0 Å². The minimum absolute atomic E-state index is 0.0354. The molecule has 0 aromatic carbocycles. The van der Waals surface area contributed by atoms with Gasteiger partial charge in [-0.25, -0.2) is 8.42 Å². The van der Waals surface area contributed by atoms with Crippen LogP contribution in [0.1, 0.15) is 26.7 Å². The molecule has 0 bridgehead atoms. The van der Waals surface area contributed by atoms with Gasteiger partial charge in [0.1, 0.15) is 0 Å². The van der Waals surface area contributed by atoms with Crippen molar-refractivity contribution in [2.75, 3.05) is 11.5 Å². The van der Waals surface area contributed by atoms with E-state index in [9.17, 15) is 8.42 Å². The summed E-state index contributed by atoms with van der Waals surface area (Å²) in [5.74, 6) is 0.369. The molecule has 14 heavy (non-hydrogen) atoms. The maximum Gasteiger partial charge on any atom is 0.154 e. The molecule has 84 valence electrons. The zero-order valence-corrected chi connectivity index (χ0v) is 11.0. The lowest BCUT2D eigenvalue weighted by Crippen LogP contribution is -2.27. The third kappa shape index (κ3) is 3.51. The number of ether oxygens (including phenoxy) is 1. The van der Waals surface area contributed by atoms with E-state index in [1.165, 1.54) is 0 Å². The first-order valence-electron chi connectivity index (χ1n) is 4.94. The lowest BCUT2D eigenvalue weighted by molar-refractivity contribution is 0.0117. The minimum atomic E-state index is -2.88. The minimum Gasteiger partial charge on any atom is -0.373 e. The van der Waals surface area contributed by atoms with Crippen LogP contribution in [0, 0.1) is 0 Å². The monoisotopic (exact) mass is 284 g/mol. The number of alkyl halides is 1. The molecule has 1 heterocycles. The lowest BCUT2D eigenvalue weighted by Gasteiger charge is -2.19. The summed E-state index contributed by atoms with van der Waals surface area (Å²) in [6, 6.07) is 0. The number of rotatable bonds is 4. The van der Waals surface area contributed by atoms with Gasteiger partial charge in [0.15, 0.2) is 9.84 Å². The average molecular weight is 285 g/mol. The highest BCUT2D eigenvalue weighted by Crippen LogP contribution is 2.24. The molecule has 1 aliphatic rings. The van der Waals surface area contributed by atoms with E-state index in [1.807, 2.05) is 6.92 Å². The summed E-state index contributed by atoms with van der Waals surface area (Å²) in [4.78, 5) is -0.0354. The van der Waals surface area contributed by atoms with Crippen molar-refractivity contribution in [1.82, 2.24) is 0 Å². The largest absolute Gasteiger partial charge is 0.373 e. The Balaban J connectivity index is 2.46. The molecular weight excluding hydrogens is 268 g/mol. The molecule has 1 fully saturated rings. The molecular formula is C9H17BrO3S. The van der Waals surface area contributed by atoms with E-state index in [2.05, 4.69) is 22.9 Å². The van der Waals surface area contributed by atoms with Crippen LogP contribution >= 0.6 is 15.9 Å². The molecule has 0 aliphatic carbocycles. The molecule has 0 amide bonds. The molecule has 0 aromatic heterocycles. The summed E-state index contributed by atoms with van der Waals surface area (Å²) in [6.45, 7) is 4.09. The quantitative estimate of drug-likeness (QED) is 0.739. The molecule has 5 heteroatoms. The second kappa shape index (κ2) is 4.94. The van der Waals surface area contributed by atoms with E-state index >= 15 is 0 Å². The van der Waals surface area contributed by atoms with Gasteiger partial charge in [-0.2, -0.15) is 0 Å². The van der Waals surface area contributed by atoms with Crippen LogP contribution in [0.5, 0.6) is 0 Å². The van der Waals surface area contributed by atoms with Crippen LogP contribution < -0.4 is 0 Å². The molecule has 3 nitrogen and oxygen atoms in total. The Labute approximate surface area is 94.3 Å². The van der Waals surface area contributed by atoms with Crippen molar-refractivity contribution in [3.8, 4) is 0 Å². The number of sulfone groups is 1. The highest BCUT2D eigenvalue weighted by atomic mass is 79.9. The third-order valence-electron chi connectivity index (χ3n) is 2.34. The molecule has 1 saturated heterocycles. The second-order valence-corrected chi connectivity index (χ2v) is 7.20. The van der Waals surface area contributed by atoms with Gasteiger partial charge in [0.2, 0.25) is 0 Å². The predicted molar refractivity (Wildman–Crippen MR) is 60.6 cm³/mol. The summed E-state index contributed by atoms with van der Waals surface area (Å²) in [6.07, 6.45) is 2.03. The summed E-state index contributed by atoms with van der Waals surface area (Å²) < 4.78 is 28.2. The van der Waals surface area contributed by atoms with Crippen LogP contribution in [0.4, 0.5) is 0 Å². The normalized spacial score (nSPS) is 33.1. The van der Waals surface area contributed by atoms with E-state index in [1.54, 1.807) is 0 Å². The molecule has 0 radical (unpaired) electrons. The summed E-state index contributed by atoms with van der Waals surface area (Å²) in [7, 11) is -2.88. The van der Waals surface area contributed by atoms with Crippen LogP contribution in [-0.4, -0.2) is 37.0 Å². The van der Waals surface area contributed by atoms with Crippen LogP contribution in [-0.2, 0) is 14.6 Å². The second-order valence-electron chi connectivity index (χ2n) is 3.87. The van der Waals surface area contributed by atoms with Gasteiger partial charge in [-0.05, 0) is 13.3 Å². The third-order valence-corrected chi connectivity index (χ3v) is 5.38. The molecule has 0 aromatic rings. The van der Waals surface area contributed by atoms with Gasteiger partial charge in [0.05, 0.1) is 28.5 Å². The Morgan fingerprint density at radius 1 is 1.50 bits per heavy atom. The van der Waals surface area contributed by atoms with Gasteiger partial charge in [-0.3, -0.25) is 0 Å². The predicted octanol–water partition coefficient (Wildman–Crippen LogP) is 1.75. The van der Waals surface area contributed by atoms with Crippen LogP contribution in [0.3, 0.4) is 0 Å². The van der Waals surface area contributed by atoms with E-state index in [0.29, 0.717) is 0 Å². The number of hydrogen-bond donors (Lipinski definition) is 0. The topological polar surface area (TPSA) is 43.4 Å². The van der Waals surface area contributed by atoms with E-state index < -0.39 is 9.84 Å². The van der Waals surface area contributed by atoms with Crippen LogP contribution in [0.15, 0.2) is 0 Å². The van der Waals surface area contributed by atoms with Crippen molar-refractivity contribution in [2.24, 2.45) is 0 Å². The fourth-order valence-electron chi connectivity index (χ4n) is 1.67. The standard InChI is InChI=1S/C9H17BrO3S/c1-3-4-7(2)13-9-6-14(11,12)5-8(9)10/h7-9H,3-6H2,1-2H3. The van der Waals surface area contributed by atoms with Gasteiger partial charge in [0.25, 0.3) is 0 Å². The summed E-state index contributed by atoms with van der Waals surface area (Å²) in [5.41, 5.74) is 0. The van der Waals surface area contributed by atoms with Crippen molar-refractivity contribution in [3.63, 3.8) is 0 Å². The van der Waals surface area contributed by atoms with Gasteiger partial charge in [0, 0.05) is 0 Å². The van der Waals surface area contributed by atoms with Crippen molar-refractivity contribution >= 4 is 25.8 Å². The van der Waals surface area contributed by atoms with Crippen molar-refractivity contribution in [3.05, 3.63) is 0 Å². The Hall–Kier alpha value is 0.390. The number of halogens is 1. The first-order valence-corrected chi connectivity index (χ1v) is 7.68. The zero-order chi connectivity index (χ0) is 10.8. The SMILES string of the molecule is CCCC(C)OC1CS(=O)(=O)CC1Br. The van der Waals surface area contributed by atoms with Crippen molar-refractivity contribution < 1.29 is 13.2 Å². The Bertz CT molecular complexity index is 276. The van der Waals surface area contributed by atoms with Crippen LogP contribution in [0.25, 0.3) is 0 Å². The van der Waals surface area contributed by atoms with Gasteiger partial charge in [-0.1, -0.05) is 29.3 Å². The summed E-state index contributed by atoms with van der Waals surface area (Å²) >= 11 is 3.36. The van der Waals surface area contributed by atoms with E-state index in [4.69, 9.17) is 4.74 Å². The Morgan fingerprint density at radius 3 is 2.57 bits per heavy atom. The lowest BCUT2D eigenvalue weighted by atomic mass is 10.2. The summed E-state index contributed by atoms with van der Waals surface area (Å²) in [5, 5.41) is 0. The zero-order valence-electron chi connectivity index (χ0n) is 8.57. The fourth-order valence-corrected chi connectivity index (χ4v) is 5.08. The first kappa shape index (κ1) is 12.5. The maximum atomic E-state index is 11.3. The molecule has 1 rings (SSSR count). The molecule has 0 N–H and O–H groups in total. The first-order chi connectivity index (χ1) is 6.44. The molecule has 0 saturated carbocycles. The smallest absolute Gasteiger partial charge is 0.154 e. The Kier molecular flexibility index (Phi) is 4.40. The fraction of sp³-hybridized carbons (Fsp3) is 1.00. The van der Waals surface area contributed by atoms with Crippen molar-refractivity contribution in [1.29, 1.82) is 0 Å². The van der Waals surface area contributed by atoms with E-state index in [-0.39, 0.29) is 28.5 Å². The molecule has 3 atom stereocenters. The highest BCUT2D eigenvalue weighted by Gasteiger charge is 2.37. The highest BCUT2D eigenvalue weighted by molar-refractivity contribution is 9.09. The van der Waals surface area contributed by atoms with E-state index in [0.717, 1.165) is 12.8 Å². The number of hydrogen-bond acceptors (Lipinski definition) is 3. The molecule has 0 spiro atoms. The van der Waals surface area contributed by atoms with Gasteiger partial charge < -0.3 is 4.74 Å². The Morgan fingerprint density at radius 2 is 2.14 bits per heavy atom. The molecule has 1 aliphatic heterocycles. The van der Waals surface area contributed by atoms with Gasteiger partial charge in [-0.15, -0.1) is 0 Å². The average Bonchev–Trinajstić information content (AvgIpc) is 2.25. The van der Waals surface area contributed by atoms with Crippen molar-refractivity contribution in [2.45, 2.75) is 43.7 Å². The molecule has 3 unspecified atom stereocenters. The van der Waals surface area contributed by atoms with Crippen LogP contribution in [0.2, 0.25) is 0 Å².